The summed E-state index contributed by atoms with van der Waals surface area (Å²) in [5, 5.41) is 7.34. The first kappa shape index (κ1) is 30.1. The molecule has 11 aromatic rings. The minimum Gasteiger partial charge on any atom is -0.456 e. The van der Waals surface area contributed by atoms with Crippen LogP contribution in [0.15, 0.2) is 194 Å². The van der Waals surface area contributed by atoms with Crippen LogP contribution < -0.4 is 4.74 Å². The summed E-state index contributed by atoms with van der Waals surface area (Å²) < 4.78 is 11.6. The Labute approximate surface area is 317 Å². The van der Waals surface area contributed by atoms with Crippen LogP contribution in [0.4, 0.5) is 0 Å². The maximum absolute atomic E-state index is 6.84. The Hall–Kier alpha value is -7.36. The van der Waals surface area contributed by atoms with Gasteiger partial charge >= 0.3 is 0 Å². The van der Waals surface area contributed by atoms with Crippen LogP contribution >= 0.6 is 0 Å². The maximum atomic E-state index is 6.84. The normalized spacial score (nSPS) is 12.1. The van der Waals surface area contributed by atoms with Crippen molar-refractivity contribution in [2.24, 2.45) is 0 Å². The van der Waals surface area contributed by atoms with Gasteiger partial charge in [0.2, 0.25) is 0 Å². The molecule has 2 aromatic heterocycles. The minimum atomic E-state index is 0.871. The van der Waals surface area contributed by atoms with E-state index in [2.05, 4.69) is 203 Å². The molecule has 1 aliphatic rings. The SMILES string of the molecule is c1ccc(-c2ccc(-n3c4ccccc4c4c5cccc6c5c(cc43)-c3ccc(-c4ccc5c7ccccc7n(-c7ccccc7)c5c4)cc3O6)cc2)cc1. The second-order valence-corrected chi connectivity index (χ2v) is 14.5. The summed E-state index contributed by atoms with van der Waals surface area (Å²) in [7, 11) is 0. The van der Waals surface area contributed by atoms with Crippen molar-refractivity contribution in [1.82, 2.24) is 9.13 Å². The number of nitrogens with zero attached hydrogens (tertiary/aromatic N) is 2. The number of para-hydroxylation sites is 3. The van der Waals surface area contributed by atoms with Crippen molar-refractivity contribution in [3.8, 4) is 56.3 Å². The van der Waals surface area contributed by atoms with Gasteiger partial charge in [-0.2, -0.15) is 0 Å². The average Bonchev–Trinajstić information content (AvgIpc) is 3.77. The van der Waals surface area contributed by atoms with Crippen molar-refractivity contribution in [1.29, 1.82) is 0 Å². The second-order valence-electron chi connectivity index (χ2n) is 14.5. The van der Waals surface area contributed by atoms with Gasteiger partial charge in [-0.25, -0.2) is 0 Å². The summed E-state index contributed by atoms with van der Waals surface area (Å²) in [6.45, 7) is 0. The molecule has 0 radical (unpaired) electrons. The quantitative estimate of drug-likeness (QED) is 0.179. The maximum Gasteiger partial charge on any atom is 0.135 e. The summed E-state index contributed by atoms with van der Waals surface area (Å²) in [4.78, 5) is 0. The predicted octanol–water partition coefficient (Wildman–Crippen LogP) is 14.1. The summed E-state index contributed by atoms with van der Waals surface area (Å²) in [6, 6.07) is 70.1. The molecule has 0 N–H and O–H groups in total. The number of hydrogen-bond acceptors (Lipinski definition) is 1. The molecule has 256 valence electrons. The molecule has 0 saturated carbocycles. The van der Waals surface area contributed by atoms with Crippen molar-refractivity contribution in [2.45, 2.75) is 0 Å². The lowest BCUT2D eigenvalue weighted by Gasteiger charge is -2.23. The molecule has 0 aliphatic carbocycles. The smallest absolute Gasteiger partial charge is 0.135 e. The van der Waals surface area contributed by atoms with E-state index < -0.39 is 0 Å². The molecule has 12 rings (SSSR count). The Morgan fingerprint density at radius 1 is 0.291 bits per heavy atom. The third-order valence-corrected chi connectivity index (χ3v) is 11.5. The first-order valence-corrected chi connectivity index (χ1v) is 18.8. The van der Waals surface area contributed by atoms with E-state index in [1.54, 1.807) is 0 Å². The van der Waals surface area contributed by atoms with Crippen LogP contribution in [0, 0.1) is 0 Å². The van der Waals surface area contributed by atoms with E-state index in [0.29, 0.717) is 0 Å². The van der Waals surface area contributed by atoms with Gasteiger partial charge in [0.25, 0.3) is 0 Å². The average molecular weight is 701 g/mol. The molecule has 3 heterocycles. The van der Waals surface area contributed by atoms with Crippen LogP contribution in [-0.2, 0) is 0 Å². The fourth-order valence-corrected chi connectivity index (χ4v) is 9.05. The lowest BCUT2D eigenvalue weighted by atomic mass is 9.90. The first-order valence-electron chi connectivity index (χ1n) is 18.8. The van der Waals surface area contributed by atoms with Crippen molar-refractivity contribution in [2.75, 3.05) is 0 Å². The molecule has 0 fully saturated rings. The topological polar surface area (TPSA) is 19.1 Å². The molecule has 0 atom stereocenters. The Morgan fingerprint density at radius 3 is 1.69 bits per heavy atom. The lowest BCUT2D eigenvalue weighted by Crippen LogP contribution is -1.99. The number of fused-ring (bicyclic) bond motifs is 9. The lowest BCUT2D eigenvalue weighted by molar-refractivity contribution is 0.487. The highest BCUT2D eigenvalue weighted by Gasteiger charge is 2.25. The van der Waals surface area contributed by atoms with Gasteiger partial charge in [0.15, 0.2) is 0 Å². The van der Waals surface area contributed by atoms with Crippen LogP contribution in [0.1, 0.15) is 0 Å². The molecule has 0 spiro atoms. The monoisotopic (exact) mass is 700 g/mol. The Bertz CT molecular complexity index is 3320. The predicted molar refractivity (Wildman–Crippen MR) is 229 cm³/mol. The minimum absolute atomic E-state index is 0.871. The van der Waals surface area contributed by atoms with E-state index in [-0.39, 0.29) is 0 Å². The van der Waals surface area contributed by atoms with E-state index >= 15 is 0 Å². The van der Waals surface area contributed by atoms with Crippen molar-refractivity contribution in [3.05, 3.63) is 194 Å². The molecule has 0 saturated heterocycles. The highest BCUT2D eigenvalue weighted by Crippen LogP contribution is 2.51. The number of benzene rings is 9. The molecule has 3 nitrogen and oxygen atoms in total. The van der Waals surface area contributed by atoms with E-state index in [4.69, 9.17) is 4.74 Å². The summed E-state index contributed by atoms with van der Waals surface area (Å²) in [5.74, 6) is 1.76. The summed E-state index contributed by atoms with van der Waals surface area (Å²) in [6.07, 6.45) is 0. The Kier molecular flexibility index (Phi) is 6.34. The zero-order valence-corrected chi connectivity index (χ0v) is 29.8. The van der Waals surface area contributed by atoms with Gasteiger partial charge in [-0.15, -0.1) is 0 Å². The van der Waals surface area contributed by atoms with Gasteiger partial charge in [-0.1, -0.05) is 127 Å². The van der Waals surface area contributed by atoms with E-state index in [9.17, 15) is 0 Å². The number of rotatable bonds is 4. The fraction of sp³-hybridized carbons (Fsp3) is 0. The fourth-order valence-electron chi connectivity index (χ4n) is 9.05. The summed E-state index contributed by atoms with van der Waals surface area (Å²) >= 11 is 0. The zero-order chi connectivity index (χ0) is 36.0. The third-order valence-electron chi connectivity index (χ3n) is 11.5. The highest BCUT2D eigenvalue weighted by atomic mass is 16.5. The molecule has 9 aromatic carbocycles. The van der Waals surface area contributed by atoms with Gasteiger partial charge in [0.05, 0.1) is 22.1 Å². The number of hydrogen-bond donors (Lipinski definition) is 0. The molecule has 0 unspecified atom stereocenters. The molecular formula is C52H32N2O. The number of ether oxygens (including phenoxy) is 1. The molecule has 0 amide bonds. The third kappa shape index (κ3) is 4.44. The first-order chi connectivity index (χ1) is 27.3. The molecular weight excluding hydrogens is 669 g/mol. The van der Waals surface area contributed by atoms with Gasteiger partial charge < -0.3 is 13.9 Å². The standard InChI is InChI=1S/C52H32N2O/c1-3-12-33(13-4-1)34-22-26-38(27-23-34)54-46-20-10-8-17-42(46)51-43-18-11-21-49-52(43)44(32-48(51)54)41-29-25-36(31-50(41)55-49)35-24-28-40-39-16-7-9-19-45(39)53(47(40)30-35)37-14-5-2-6-15-37/h1-32H. The Balaban J connectivity index is 1.04. The number of aromatic nitrogens is 2. The van der Waals surface area contributed by atoms with Crippen molar-refractivity contribution >= 4 is 54.4 Å². The van der Waals surface area contributed by atoms with Crippen molar-refractivity contribution < 1.29 is 4.74 Å². The molecule has 0 bridgehead atoms. The van der Waals surface area contributed by atoms with Crippen LogP contribution in [0.3, 0.4) is 0 Å². The largest absolute Gasteiger partial charge is 0.456 e. The molecule has 1 aliphatic heterocycles. The second kappa shape index (κ2) is 11.6. The van der Waals surface area contributed by atoms with Gasteiger partial charge in [0, 0.05) is 43.9 Å². The van der Waals surface area contributed by atoms with Crippen LogP contribution in [-0.4, -0.2) is 9.13 Å². The van der Waals surface area contributed by atoms with Crippen molar-refractivity contribution in [3.63, 3.8) is 0 Å². The Morgan fingerprint density at radius 2 is 0.873 bits per heavy atom. The van der Waals surface area contributed by atoms with Gasteiger partial charge in [0.1, 0.15) is 11.5 Å². The van der Waals surface area contributed by atoms with Crippen LogP contribution in [0.5, 0.6) is 11.5 Å². The molecule has 3 heteroatoms. The summed E-state index contributed by atoms with van der Waals surface area (Å²) in [5.41, 5.74) is 14.0. The van der Waals surface area contributed by atoms with E-state index in [0.717, 1.165) is 45.0 Å². The van der Waals surface area contributed by atoms with Crippen LogP contribution in [0.2, 0.25) is 0 Å². The van der Waals surface area contributed by atoms with Gasteiger partial charge in [-0.3, -0.25) is 0 Å². The molecule has 55 heavy (non-hydrogen) atoms. The van der Waals surface area contributed by atoms with Gasteiger partial charge in [-0.05, 0) is 99.9 Å². The highest BCUT2D eigenvalue weighted by molar-refractivity contribution is 6.26. The van der Waals surface area contributed by atoms with Crippen LogP contribution in [0.25, 0.3) is 99.1 Å². The van der Waals surface area contributed by atoms with E-state index in [1.165, 1.54) is 65.7 Å². The zero-order valence-electron chi connectivity index (χ0n) is 29.8. The van der Waals surface area contributed by atoms with E-state index in [1.807, 2.05) is 0 Å².